The van der Waals surface area contributed by atoms with Gasteiger partial charge in [0.25, 0.3) is 17.3 Å². The van der Waals surface area contributed by atoms with Crippen LogP contribution in [0.4, 0.5) is 18.9 Å². The Kier molecular flexibility index (Phi) is 5.43. The summed E-state index contributed by atoms with van der Waals surface area (Å²) in [5.41, 5.74) is -4.04. The Hall–Kier alpha value is -2.49. The lowest BCUT2D eigenvalue weighted by atomic mass is 9.64. The second-order valence-corrected chi connectivity index (χ2v) is 8.60. The van der Waals surface area contributed by atoms with Crippen LogP contribution in [0.15, 0.2) is 29.4 Å². The lowest BCUT2D eigenvalue weighted by Gasteiger charge is -2.43. The molecule has 0 unspecified atom stereocenters. The van der Waals surface area contributed by atoms with Gasteiger partial charge in [-0.25, -0.2) is 0 Å². The molecule has 3 rings (SSSR count). The van der Waals surface area contributed by atoms with E-state index in [1.807, 2.05) is 20.8 Å². The molecule has 1 saturated carbocycles. The number of nitrogens with zero attached hydrogens (tertiary/aromatic N) is 3. The van der Waals surface area contributed by atoms with E-state index < -0.39 is 28.6 Å². The van der Waals surface area contributed by atoms with Crippen LogP contribution in [-0.2, 0) is 0 Å². The molecule has 0 radical (unpaired) electrons. The molecule has 0 spiro atoms. The molecule has 1 aromatic rings. The standard InChI is InChI=1S/C20H24F3N3O4/c1-4-18(2,3)13-7-10-16-15(11-13)19(28,20(21,22)23)25(24-16)17(27)12-5-8-14(9-6-12)26(29)30/h5-6,8-9,13,15,28H,4,7,10-11H2,1-3H3/t13-,15-,19-/m1/s1. The van der Waals surface area contributed by atoms with E-state index in [1.54, 1.807) is 0 Å². The van der Waals surface area contributed by atoms with E-state index in [4.69, 9.17) is 0 Å². The normalized spacial score (nSPS) is 26.9. The molecular weight excluding hydrogens is 403 g/mol. The highest BCUT2D eigenvalue weighted by Crippen LogP contribution is 2.52. The monoisotopic (exact) mass is 427 g/mol. The Labute approximate surface area is 171 Å². The third kappa shape index (κ3) is 3.46. The number of rotatable bonds is 4. The highest BCUT2D eigenvalue weighted by molar-refractivity contribution is 5.99. The summed E-state index contributed by atoms with van der Waals surface area (Å²) < 4.78 is 42.3. The highest BCUT2D eigenvalue weighted by atomic mass is 19.4. The SMILES string of the molecule is CCC(C)(C)[C@@H]1CCC2=NN(C(=O)c3ccc([N+](=O)[O-])cc3)[C@](O)(C(F)(F)F)[C@@H]2C1. The first-order chi connectivity index (χ1) is 13.8. The van der Waals surface area contributed by atoms with Crippen LogP contribution >= 0.6 is 0 Å². The Bertz CT molecular complexity index is 882. The number of halogens is 3. The maximum absolute atomic E-state index is 14.1. The lowest BCUT2D eigenvalue weighted by Crippen LogP contribution is -2.62. The van der Waals surface area contributed by atoms with Gasteiger partial charge in [-0.2, -0.15) is 23.3 Å². The van der Waals surface area contributed by atoms with Crippen molar-refractivity contribution in [2.45, 2.75) is 58.4 Å². The molecule has 164 valence electrons. The predicted octanol–water partition coefficient (Wildman–Crippen LogP) is 4.51. The minimum absolute atomic E-state index is 0.0604. The minimum atomic E-state index is -5.13. The average Bonchev–Trinajstić information content (AvgIpc) is 3.01. The number of hydrazone groups is 1. The molecular formula is C20H24F3N3O4. The summed E-state index contributed by atoms with van der Waals surface area (Å²) in [6.45, 7) is 5.95. The smallest absolute Gasteiger partial charge is 0.362 e. The van der Waals surface area contributed by atoms with Crippen molar-refractivity contribution in [3.63, 3.8) is 0 Å². The van der Waals surface area contributed by atoms with E-state index in [0.29, 0.717) is 6.42 Å². The quantitative estimate of drug-likeness (QED) is 0.565. The van der Waals surface area contributed by atoms with Crippen LogP contribution in [0.25, 0.3) is 0 Å². The van der Waals surface area contributed by atoms with Gasteiger partial charge in [0.05, 0.1) is 10.8 Å². The number of alkyl halides is 3. The molecule has 1 amide bonds. The number of amides is 1. The number of aliphatic hydroxyl groups is 1. The van der Waals surface area contributed by atoms with Crippen molar-refractivity contribution in [3.05, 3.63) is 39.9 Å². The van der Waals surface area contributed by atoms with Gasteiger partial charge in [-0.1, -0.05) is 27.2 Å². The first-order valence-electron chi connectivity index (χ1n) is 9.78. The van der Waals surface area contributed by atoms with Gasteiger partial charge >= 0.3 is 6.18 Å². The number of non-ortho nitro benzene ring substituents is 1. The summed E-state index contributed by atoms with van der Waals surface area (Å²) in [6.07, 6.45) is -3.39. The van der Waals surface area contributed by atoms with Crippen molar-refractivity contribution >= 4 is 17.3 Å². The van der Waals surface area contributed by atoms with Gasteiger partial charge in [0.15, 0.2) is 0 Å². The number of nitro groups is 1. The Balaban J connectivity index is 1.98. The first kappa shape index (κ1) is 22.2. The Morgan fingerprint density at radius 1 is 1.33 bits per heavy atom. The molecule has 1 heterocycles. The van der Waals surface area contributed by atoms with E-state index in [2.05, 4.69) is 5.10 Å². The van der Waals surface area contributed by atoms with Gasteiger partial charge in [-0.05, 0) is 42.7 Å². The highest BCUT2D eigenvalue weighted by Gasteiger charge is 2.69. The molecule has 1 aromatic carbocycles. The van der Waals surface area contributed by atoms with E-state index in [1.165, 1.54) is 0 Å². The largest absolute Gasteiger partial charge is 0.439 e. The number of hydrogen-bond donors (Lipinski definition) is 1. The van der Waals surface area contributed by atoms with Crippen molar-refractivity contribution < 1.29 is 28.0 Å². The molecule has 0 bridgehead atoms. The lowest BCUT2D eigenvalue weighted by molar-refractivity contribution is -0.384. The Morgan fingerprint density at radius 3 is 2.43 bits per heavy atom. The van der Waals surface area contributed by atoms with E-state index in [0.717, 1.165) is 30.7 Å². The second kappa shape index (κ2) is 7.33. The number of nitro benzene ring substituents is 1. The number of hydrogen-bond acceptors (Lipinski definition) is 5. The summed E-state index contributed by atoms with van der Waals surface area (Å²) in [6, 6.07) is 4.16. The van der Waals surface area contributed by atoms with Gasteiger partial charge in [-0.3, -0.25) is 14.9 Å². The third-order valence-corrected chi connectivity index (χ3v) is 6.66. The van der Waals surface area contributed by atoms with E-state index >= 15 is 0 Å². The number of benzene rings is 1. The number of carbonyl (C=O) groups is 1. The van der Waals surface area contributed by atoms with Crippen LogP contribution in [-0.4, -0.2) is 38.6 Å². The molecule has 2 aliphatic rings. The van der Waals surface area contributed by atoms with Crippen LogP contribution < -0.4 is 0 Å². The number of carbonyl (C=O) groups excluding carboxylic acids is 1. The van der Waals surface area contributed by atoms with Crippen molar-refractivity contribution in [2.24, 2.45) is 22.4 Å². The molecule has 1 aliphatic heterocycles. The fourth-order valence-electron chi connectivity index (χ4n) is 4.27. The van der Waals surface area contributed by atoms with Crippen molar-refractivity contribution in [3.8, 4) is 0 Å². The van der Waals surface area contributed by atoms with Crippen LogP contribution in [0, 0.1) is 27.4 Å². The zero-order valence-electron chi connectivity index (χ0n) is 16.9. The minimum Gasteiger partial charge on any atom is -0.362 e. The van der Waals surface area contributed by atoms with E-state index in [-0.39, 0.29) is 46.1 Å². The van der Waals surface area contributed by atoms with Crippen molar-refractivity contribution in [1.82, 2.24) is 5.01 Å². The molecule has 0 saturated heterocycles. The molecule has 10 heteroatoms. The van der Waals surface area contributed by atoms with Gasteiger partial charge in [0.1, 0.15) is 0 Å². The van der Waals surface area contributed by atoms with Gasteiger partial charge in [0.2, 0.25) is 0 Å². The van der Waals surface area contributed by atoms with Crippen molar-refractivity contribution in [1.29, 1.82) is 0 Å². The number of fused-ring (bicyclic) bond motifs is 1. The fourth-order valence-corrected chi connectivity index (χ4v) is 4.27. The molecule has 1 N–H and O–H groups in total. The van der Waals surface area contributed by atoms with Crippen LogP contribution in [0.2, 0.25) is 0 Å². The van der Waals surface area contributed by atoms with Crippen LogP contribution in [0.5, 0.6) is 0 Å². The topological polar surface area (TPSA) is 96.0 Å². The fraction of sp³-hybridized carbons (Fsp3) is 0.600. The maximum atomic E-state index is 14.1. The van der Waals surface area contributed by atoms with Crippen LogP contribution in [0.1, 0.15) is 56.8 Å². The summed E-state index contributed by atoms with van der Waals surface area (Å²) >= 11 is 0. The van der Waals surface area contributed by atoms with Crippen molar-refractivity contribution in [2.75, 3.05) is 0 Å². The molecule has 7 nitrogen and oxygen atoms in total. The second-order valence-electron chi connectivity index (χ2n) is 8.60. The molecule has 3 atom stereocenters. The molecule has 1 aliphatic carbocycles. The molecule has 0 aromatic heterocycles. The predicted molar refractivity (Wildman–Crippen MR) is 103 cm³/mol. The van der Waals surface area contributed by atoms with E-state index in [9.17, 15) is 33.2 Å². The van der Waals surface area contributed by atoms with Gasteiger partial charge < -0.3 is 5.11 Å². The van der Waals surface area contributed by atoms with Gasteiger partial charge in [0, 0.05) is 23.4 Å². The summed E-state index contributed by atoms with van der Waals surface area (Å²) in [4.78, 5) is 23.0. The third-order valence-electron chi connectivity index (χ3n) is 6.66. The zero-order chi connectivity index (χ0) is 22.5. The molecule has 30 heavy (non-hydrogen) atoms. The summed E-state index contributed by atoms with van der Waals surface area (Å²) in [7, 11) is 0. The summed E-state index contributed by atoms with van der Waals surface area (Å²) in [5, 5.41) is 25.7. The average molecular weight is 427 g/mol. The van der Waals surface area contributed by atoms with Gasteiger partial charge in [-0.15, -0.1) is 0 Å². The Morgan fingerprint density at radius 2 is 1.93 bits per heavy atom. The van der Waals surface area contributed by atoms with Crippen LogP contribution in [0.3, 0.4) is 0 Å². The molecule has 1 fully saturated rings. The first-order valence-corrected chi connectivity index (χ1v) is 9.78. The maximum Gasteiger partial charge on any atom is 0.439 e. The zero-order valence-corrected chi connectivity index (χ0v) is 16.9. The summed E-state index contributed by atoms with van der Waals surface area (Å²) in [5.74, 6) is -2.56.